The number of benzene rings is 1. The molecule has 1 aliphatic heterocycles. The van der Waals surface area contributed by atoms with Gasteiger partial charge in [-0.2, -0.15) is 10.1 Å². The van der Waals surface area contributed by atoms with Crippen LogP contribution in [0.5, 0.6) is 0 Å². The zero-order valence-corrected chi connectivity index (χ0v) is 17.4. The maximum absolute atomic E-state index is 12.9. The van der Waals surface area contributed by atoms with Crippen molar-refractivity contribution >= 4 is 17.8 Å². The van der Waals surface area contributed by atoms with Gasteiger partial charge in [-0.3, -0.25) is 19.7 Å². The summed E-state index contributed by atoms with van der Waals surface area (Å²) in [4.78, 5) is 37.9. The Morgan fingerprint density at radius 3 is 2.48 bits per heavy atom. The average molecular weight is 397 g/mol. The van der Waals surface area contributed by atoms with Crippen molar-refractivity contribution in [3.8, 4) is 0 Å². The van der Waals surface area contributed by atoms with Crippen molar-refractivity contribution < 1.29 is 14.4 Å². The molecule has 1 fully saturated rings. The van der Waals surface area contributed by atoms with Crippen molar-refractivity contribution in [1.82, 2.24) is 25.5 Å². The van der Waals surface area contributed by atoms with Crippen LogP contribution in [0.15, 0.2) is 30.3 Å². The summed E-state index contributed by atoms with van der Waals surface area (Å²) in [5.74, 6) is -0.539. The zero-order chi connectivity index (χ0) is 21.3. The Labute approximate surface area is 170 Å². The number of urea groups is 1. The van der Waals surface area contributed by atoms with Crippen LogP contribution in [0.1, 0.15) is 43.3 Å². The predicted molar refractivity (Wildman–Crippen MR) is 108 cm³/mol. The first kappa shape index (κ1) is 20.6. The number of carbonyl (C=O) groups is 3. The largest absolute Gasteiger partial charge is 0.344 e. The van der Waals surface area contributed by atoms with Gasteiger partial charge in [-0.05, 0) is 32.3 Å². The van der Waals surface area contributed by atoms with Crippen LogP contribution in [-0.2, 0) is 28.1 Å². The quantitative estimate of drug-likeness (QED) is 0.731. The molecule has 2 aromatic rings. The van der Waals surface area contributed by atoms with Crippen molar-refractivity contribution in [2.75, 3.05) is 0 Å². The van der Waals surface area contributed by atoms with Gasteiger partial charge < -0.3 is 5.32 Å². The third-order valence-electron chi connectivity index (χ3n) is 5.19. The van der Waals surface area contributed by atoms with Crippen LogP contribution in [0, 0.1) is 19.8 Å². The molecular formula is C21H27N5O3. The Hall–Kier alpha value is -3.16. The molecule has 8 nitrogen and oxygen atoms in total. The van der Waals surface area contributed by atoms with Gasteiger partial charge in [0.15, 0.2) is 0 Å². The third kappa shape index (κ3) is 3.87. The molecule has 0 saturated carbocycles. The van der Waals surface area contributed by atoms with E-state index in [0.29, 0.717) is 11.5 Å². The Kier molecular flexibility index (Phi) is 5.46. The molecule has 1 unspecified atom stereocenters. The molecule has 1 saturated heterocycles. The summed E-state index contributed by atoms with van der Waals surface area (Å²) in [6, 6.07) is 8.29. The zero-order valence-electron chi connectivity index (χ0n) is 17.4. The first-order chi connectivity index (χ1) is 13.6. The number of nitrogens with one attached hydrogen (secondary N) is 2. The number of rotatable bonds is 6. The van der Waals surface area contributed by atoms with Crippen LogP contribution in [0.2, 0.25) is 0 Å². The van der Waals surface area contributed by atoms with Crippen molar-refractivity contribution in [3.05, 3.63) is 52.8 Å². The molecule has 0 radical (unpaired) electrons. The minimum atomic E-state index is -1.22. The fraction of sp³-hybridized carbons (Fsp3) is 0.429. The van der Waals surface area contributed by atoms with E-state index in [1.54, 1.807) is 31.2 Å². The fourth-order valence-electron chi connectivity index (χ4n) is 3.55. The summed E-state index contributed by atoms with van der Waals surface area (Å²) in [5, 5.41) is 7.94. The lowest BCUT2D eigenvalue weighted by atomic mass is 9.92. The summed E-state index contributed by atoms with van der Waals surface area (Å²) in [5.41, 5.74) is 4.37. The number of amides is 4. The minimum Gasteiger partial charge on any atom is -0.318 e. The van der Waals surface area contributed by atoms with Crippen LogP contribution in [-0.4, -0.2) is 32.6 Å². The number of nitrogens with zero attached hydrogens (tertiary/aromatic N) is 3. The van der Waals surface area contributed by atoms with E-state index in [4.69, 9.17) is 0 Å². The minimum absolute atomic E-state index is 0.0366. The highest BCUT2D eigenvalue weighted by Crippen LogP contribution is 2.27. The number of imide groups is 1. The Morgan fingerprint density at radius 2 is 1.86 bits per heavy atom. The number of aromatic nitrogens is 2. The van der Waals surface area contributed by atoms with Gasteiger partial charge in [-0.1, -0.05) is 44.2 Å². The fourth-order valence-corrected chi connectivity index (χ4v) is 3.55. The number of hydrogen-bond acceptors (Lipinski definition) is 4. The molecule has 1 aliphatic rings. The SMILES string of the molecule is Cc1nn(CC(C)C)c(C)c1CC(=O)NN1C(=O)NC(C)(c2ccccc2)C1=O. The molecule has 3 rings (SSSR count). The highest BCUT2D eigenvalue weighted by Gasteiger charge is 2.49. The smallest absolute Gasteiger partial charge is 0.318 e. The molecule has 2 N–H and O–H groups in total. The van der Waals surface area contributed by atoms with Crippen LogP contribution in [0.25, 0.3) is 0 Å². The van der Waals surface area contributed by atoms with Gasteiger partial charge in [0.25, 0.3) is 5.91 Å². The van der Waals surface area contributed by atoms with Crippen molar-refractivity contribution in [3.63, 3.8) is 0 Å². The van der Waals surface area contributed by atoms with Gasteiger partial charge in [0.05, 0.1) is 12.1 Å². The van der Waals surface area contributed by atoms with Gasteiger partial charge in [0.2, 0.25) is 5.91 Å². The molecule has 154 valence electrons. The second-order valence-electron chi connectivity index (χ2n) is 8.00. The molecule has 0 aliphatic carbocycles. The van der Waals surface area contributed by atoms with Crippen LogP contribution in [0.4, 0.5) is 4.79 Å². The van der Waals surface area contributed by atoms with Crippen LogP contribution < -0.4 is 10.7 Å². The first-order valence-electron chi connectivity index (χ1n) is 9.68. The molecule has 2 heterocycles. The lowest BCUT2D eigenvalue weighted by Crippen LogP contribution is -2.48. The molecule has 29 heavy (non-hydrogen) atoms. The highest BCUT2D eigenvalue weighted by atomic mass is 16.2. The number of hydrazine groups is 1. The van der Waals surface area contributed by atoms with E-state index in [2.05, 4.69) is 29.7 Å². The van der Waals surface area contributed by atoms with E-state index in [1.807, 2.05) is 24.6 Å². The second kappa shape index (κ2) is 7.69. The number of hydrogen-bond donors (Lipinski definition) is 2. The predicted octanol–water partition coefficient (Wildman–Crippen LogP) is 2.20. The summed E-state index contributed by atoms with van der Waals surface area (Å²) in [7, 11) is 0. The van der Waals surface area contributed by atoms with Crippen LogP contribution >= 0.6 is 0 Å². The molecule has 8 heteroatoms. The monoisotopic (exact) mass is 397 g/mol. The molecular weight excluding hydrogens is 370 g/mol. The van der Waals surface area contributed by atoms with Crippen molar-refractivity contribution in [1.29, 1.82) is 0 Å². The van der Waals surface area contributed by atoms with E-state index in [-0.39, 0.29) is 6.42 Å². The number of aryl methyl sites for hydroxylation is 1. The lowest BCUT2D eigenvalue weighted by molar-refractivity contribution is -0.138. The standard InChI is InChI=1S/C21H27N5O3/c1-13(2)12-25-15(4)17(14(3)23-25)11-18(27)24-26-19(28)21(5,22-20(26)29)16-9-7-6-8-10-16/h6-10,13H,11-12H2,1-5H3,(H,22,29)(H,24,27). The molecule has 1 atom stereocenters. The van der Waals surface area contributed by atoms with Gasteiger partial charge in [0, 0.05) is 17.8 Å². The maximum Gasteiger partial charge on any atom is 0.344 e. The second-order valence-corrected chi connectivity index (χ2v) is 8.00. The van der Waals surface area contributed by atoms with Gasteiger partial charge in [-0.15, -0.1) is 0 Å². The van der Waals surface area contributed by atoms with E-state index in [0.717, 1.165) is 28.5 Å². The average Bonchev–Trinajstić information content (AvgIpc) is 3.04. The molecule has 0 spiro atoms. The Morgan fingerprint density at radius 1 is 1.21 bits per heavy atom. The molecule has 1 aromatic carbocycles. The van der Waals surface area contributed by atoms with Crippen molar-refractivity contribution in [2.24, 2.45) is 5.92 Å². The molecule has 1 aromatic heterocycles. The van der Waals surface area contributed by atoms with E-state index in [9.17, 15) is 14.4 Å². The topological polar surface area (TPSA) is 96.3 Å². The van der Waals surface area contributed by atoms with E-state index < -0.39 is 23.4 Å². The summed E-state index contributed by atoms with van der Waals surface area (Å²) in [6.45, 7) is 10.4. The maximum atomic E-state index is 12.9. The van der Waals surface area contributed by atoms with E-state index >= 15 is 0 Å². The highest BCUT2D eigenvalue weighted by molar-refractivity contribution is 6.08. The Bertz CT molecular complexity index is 951. The van der Waals surface area contributed by atoms with Gasteiger partial charge >= 0.3 is 6.03 Å². The van der Waals surface area contributed by atoms with Crippen molar-refractivity contribution in [2.45, 2.75) is 53.1 Å². The summed E-state index contributed by atoms with van der Waals surface area (Å²) >= 11 is 0. The Balaban J connectivity index is 1.74. The molecule has 4 amide bonds. The van der Waals surface area contributed by atoms with Gasteiger partial charge in [-0.25, -0.2) is 4.79 Å². The normalized spacial score (nSPS) is 19.0. The van der Waals surface area contributed by atoms with E-state index in [1.165, 1.54) is 0 Å². The molecule has 0 bridgehead atoms. The first-order valence-corrected chi connectivity index (χ1v) is 9.68. The lowest BCUT2D eigenvalue weighted by Gasteiger charge is -2.22. The third-order valence-corrected chi connectivity index (χ3v) is 5.19. The van der Waals surface area contributed by atoms with Crippen LogP contribution in [0.3, 0.4) is 0 Å². The summed E-state index contributed by atoms with van der Waals surface area (Å²) < 4.78 is 1.89. The number of carbonyl (C=O) groups excluding carboxylic acids is 3. The summed E-state index contributed by atoms with van der Waals surface area (Å²) in [6.07, 6.45) is 0.0366. The van der Waals surface area contributed by atoms with Gasteiger partial charge in [0.1, 0.15) is 5.54 Å².